The maximum Gasteiger partial charge on any atom is 0.416 e. The van der Waals surface area contributed by atoms with Crippen molar-refractivity contribution < 1.29 is 17.9 Å². The van der Waals surface area contributed by atoms with Gasteiger partial charge in [-0.15, -0.1) is 11.3 Å². The molecule has 0 unspecified atom stereocenters. The quantitative estimate of drug-likeness (QED) is 0.934. The standard InChI is InChI=1S/C11H9F3N2OS/c12-11(13,14)7-1-3-9(4-2-7)17-5-8-6-18-10(15)16-8/h1-4,6H,5H2,(H2,15,16). The van der Waals surface area contributed by atoms with Gasteiger partial charge in [-0.1, -0.05) is 0 Å². The summed E-state index contributed by atoms with van der Waals surface area (Å²) in [6.07, 6.45) is -4.33. The Labute approximate surface area is 105 Å². The summed E-state index contributed by atoms with van der Waals surface area (Å²) in [7, 11) is 0. The number of benzene rings is 1. The van der Waals surface area contributed by atoms with Crippen molar-refractivity contribution in [3.63, 3.8) is 0 Å². The van der Waals surface area contributed by atoms with Gasteiger partial charge in [0.25, 0.3) is 0 Å². The summed E-state index contributed by atoms with van der Waals surface area (Å²) in [5.41, 5.74) is 5.39. The zero-order chi connectivity index (χ0) is 13.2. The second-order valence-corrected chi connectivity index (χ2v) is 4.38. The first-order valence-corrected chi connectivity index (χ1v) is 5.83. The molecule has 3 nitrogen and oxygen atoms in total. The number of alkyl halides is 3. The molecule has 18 heavy (non-hydrogen) atoms. The van der Waals surface area contributed by atoms with Gasteiger partial charge in [0, 0.05) is 5.38 Å². The number of hydrogen-bond acceptors (Lipinski definition) is 4. The SMILES string of the molecule is Nc1nc(COc2ccc(C(F)(F)F)cc2)cs1. The number of nitrogens with two attached hydrogens (primary N) is 1. The highest BCUT2D eigenvalue weighted by molar-refractivity contribution is 7.13. The first kappa shape index (κ1) is 12.7. The fraction of sp³-hybridized carbons (Fsp3) is 0.182. The summed E-state index contributed by atoms with van der Waals surface area (Å²) in [5.74, 6) is 0.356. The van der Waals surface area contributed by atoms with Crippen LogP contribution in [0.25, 0.3) is 0 Å². The maximum atomic E-state index is 12.3. The molecule has 0 saturated heterocycles. The third kappa shape index (κ3) is 3.13. The van der Waals surface area contributed by atoms with Crippen LogP contribution in [0.4, 0.5) is 18.3 Å². The molecule has 0 fully saturated rings. The minimum Gasteiger partial charge on any atom is -0.487 e. The average Bonchev–Trinajstić information content (AvgIpc) is 2.72. The molecule has 0 radical (unpaired) electrons. The van der Waals surface area contributed by atoms with E-state index in [0.29, 0.717) is 16.6 Å². The Morgan fingerprint density at radius 1 is 1.22 bits per heavy atom. The predicted octanol–water partition coefficient (Wildman–Crippen LogP) is 3.32. The van der Waals surface area contributed by atoms with Crippen LogP contribution in [0.2, 0.25) is 0 Å². The Bertz CT molecular complexity index is 522. The van der Waals surface area contributed by atoms with E-state index in [2.05, 4.69) is 4.98 Å². The Balaban J connectivity index is 1.98. The summed E-state index contributed by atoms with van der Waals surface area (Å²) in [6.45, 7) is 0.180. The number of halogens is 3. The van der Waals surface area contributed by atoms with Crippen molar-refractivity contribution in [3.05, 3.63) is 40.9 Å². The van der Waals surface area contributed by atoms with Crippen LogP contribution in [-0.4, -0.2) is 4.98 Å². The number of nitrogen functional groups attached to an aromatic ring is 1. The Morgan fingerprint density at radius 3 is 2.39 bits per heavy atom. The minimum absolute atomic E-state index is 0.180. The lowest BCUT2D eigenvalue weighted by Gasteiger charge is -2.08. The molecule has 0 aliphatic rings. The van der Waals surface area contributed by atoms with Gasteiger partial charge in [0.15, 0.2) is 5.13 Å². The van der Waals surface area contributed by atoms with Crippen LogP contribution in [0.1, 0.15) is 11.3 Å². The second kappa shape index (κ2) is 4.85. The van der Waals surface area contributed by atoms with Gasteiger partial charge in [0.05, 0.1) is 11.3 Å². The van der Waals surface area contributed by atoms with Gasteiger partial charge in [-0.3, -0.25) is 0 Å². The van der Waals surface area contributed by atoms with E-state index in [1.807, 2.05) is 0 Å². The Morgan fingerprint density at radius 2 is 1.89 bits per heavy atom. The highest BCUT2D eigenvalue weighted by Gasteiger charge is 2.29. The van der Waals surface area contributed by atoms with Gasteiger partial charge in [0.1, 0.15) is 12.4 Å². The summed E-state index contributed by atoms with van der Waals surface area (Å²) >= 11 is 1.28. The summed E-state index contributed by atoms with van der Waals surface area (Å²) in [4.78, 5) is 3.97. The van der Waals surface area contributed by atoms with Gasteiger partial charge in [0.2, 0.25) is 0 Å². The largest absolute Gasteiger partial charge is 0.487 e. The van der Waals surface area contributed by atoms with Crippen molar-refractivity contribution in [2.24, 2.45) is 0 Å². The summed E-state index contributed by atoms with van der Waals surface area (Å²) < 4.78 is 42.2. The van der Waals surface area contributed by atoms with Crippen molar-refractivity contribution in [2.45, 2.75) is 12.8 Å². The third-order valence-electron chi connectivity index (χ3n) is 2.14. The highest BCUT2D eigenvalue weighted by Crippen LogP contribution is 2.30. The van der Waals surface area contributed by atoms with Crippen LogP contribution in [0, 0.1) is 0 Å². The van der Waals surface area contributed by atoms with Crippen LogP contribution in [-0.2, 0) is 12.8 Å². The molecule has 0 aliphatic heterocycles. The van der Waals surface area contributed by atoms with Gasteiger partial charge in [-0.2, -0.15) is 13.2 Å². The van der Waals surface area contributed by atoms with E-state index in [9.17, 15) is 13.2 Å². The van der Waals surface area contributed by atoms with Crippen LogP contribution < -0.4 is 10.5 Å². The van der Waals surface area contributed by atoms with Crippen molar-refractivity contribution in [1.29, 1.82) is 0 Å². The molecule has 0 saturated carbocycles. The van der Waals surface area contributed by atoms with E-state index in [1.54, 1.807) is 5.38 Å². The fourth-order valence-electron chi connectivity index (χ4n) is 1.29. The number of ether oxygens (including phenoxy) is 1. The van der Waals surface area contributed by atoms with E-state index in [0.717, 1.165) is 12.1 Å². The lowest BCUT2D eigenvalue weighted by molar-refractivity contribution is -0.137. The van der Waals surface area contributed by atoms with E-state index in [-0.39, 0.29) is 6.61 Å². The molecule has 1 aromatic carbocycles. The molecule has 0 amide bonds. The third-order valence-corrected chi connectivity index (χ3v) is 2.86. The normalized spacial score (nSPS) is 11.5. The maximum absolute atomic E-state index is 12.3. The molecule has 1 aromatic heterocycles. The van der Waals surface area contributed by atoms with Crippen LogP contribution in [0.15, 0.2) is 29.6 Å². The Hall–Kier alpha value is -1.76. The molecule has 0 bridgehead atoms. The topological polar surface area (TPSA) is 48.1 Å². The highest BCUT2D eigenvalue weighted by atomic mass is 32.1. The van der Waals surface area contributed by atoms with Gasteiger partial charge >= 0.3 is 6.18 Å². The Kier molecular flexibility index (Phi) is 3.42. The van der Waals surface area contributed by atoms with Gasteiger partial charge in [-0.25, -0.2) is 4.98 Å². The van der Waals surface area contributed by atoms with Crippen LogP contribution in [0.5, 0.6) is 5.75 Å². The molecule has 0 aliphatic carbocycles. The lowest BCUT2D eigenvalue weighted by atomic mass is 10.2. The van der Waals surface area contributed by atoms with E-state index in [4.69, 9.17) is 10.5 Å². The zero-order valence-electron chi connectivity index (χ0n) is 9.07. The molecular weight excluding hydrogens is 265 g/mol. The second-order valence-electron chi connectivity index (χ2n) is 3.49. The van der Waals surface area contributed by atoms with E-state index >= 15 is 0 Å². The van der Waals surface area contributed by atoms with Crippen molar-refractivity contribution >= 4 is 16.5 Å². The molecule has 2 aromatic rings. The average molecular weight is 274 g/mol. The fourth-order valence-corrected chi connectivity index (χ4v) is 1.83. The molecule has 2 rings (SSSR count). The monoisotopic (exact) mass is 274 g/mol. The first-order valence-electron chi connectivity index (χ1n) is 4.95. The van der Waals surface area contributed by atoms with E-state index in [1.165, 1.54) is 23.5 Å². The van der Waals surface area contributed by atoms with Crippen molar-refractivity contribution in [1.82, 2.24) is 4.98 Å². The van der Waals surface area contributed by atoms with Gasteiger partial charge in [-0.05, 0) is 24.3 Å². The summed E-state index contributed by atoms with van der Waals surface area (Å²) in [5, 5.41) is 2.17. The molecule has 2 N–H and O–H groups in total. The molecular formula is C11H9F3N2OS. The number of anilines is 1. The number of hydrogen-bond donors (Lipinski definition) is 1. The molecule has 0 spiro atoms. The molecule has 1 heterocycles. The number of rotatable bonds is 3. The van der Waals surface area contributed by atoms with E-state index < -0.39 is 11.7 Å². The minimum atomic E-state index is -4.33. The number of nitrogens with zero attached hydrogens (tertiary/aromatic N) is 1. The smallest absolute Gasteiger partial charge is 0.416 e. The zero-order valence-corrected chi connectivity index (χ0v) is 9.89. The molecule has 0 atom stereocenters. The predicted molar refractivity (Wildman–Crippen MR) is 62.3 cm³/mol. The van der Waals surface area contributed by atoms with Crippen LogP contribution in [0.3, 0.4) is 0 Å². The molecule has 7 heteroatoms. The van der Waals surface area contributed by atoms with Crippen molar-refractivity contribution in [3.8, 4) is 5.75 Å². The number of thiazole rings is 1. The van der Waals surface area contributed by atoms with Gasteiger partial charge < -0.3 is 10.5 Å². The van der Waals surface area contributed by atoms with Crippen molar-refractivity contribution in [2.75, 3.05) is 5.73 Å². The summed E-state index contributed by atoms with van der Waals surface area (Å²) in [6, 6.07) is 4.51. The van der Waals surface area contributed by atoms with Crippen LogP contribution >= 0.6 is 11.3 Å². The lowest BCUT2D eigenvalue weighted by Crippen LogP contribution is -2.04. The first-order chi connectivity index (χ1) is 8.45. The number of aromatic nitrogens is 1. The molecule has 96 valence electrons.